The molecular weight excluding hydrogens is 212 g/mol. The summed E-state index contributed by atoms with van der Waals surface area (Å²) in [6.07, 6.45) is -0.0313. The number of rotatable bonds is 5. The molecule has 17 heavy (non-hydrogen) atoms. The van der Waals surface area contributed by atoms with E-state index in [0.29, 0.717) is 5.92 Å². The van der Waals surface area contributed by atoms with Crippen LogP contribution in [0.4, 0.5) is 0 Å². The predicted molar refractivity (Wildman–Crippen MR) is 70.7 cm³/mol. The molecule has 1 aromatic carbocycles. The van der Waals surface area contributed by atoms with E-state index < -0.39 is 0 Å². The van der Waals surface area contributed by atoms with Crippen LogP contribution in [-0.4, -0.2) is 14.2 Å². The van der Waals surface area contributed by atoms with E-state index in [1.807, 2.05) is 25.1 Å². The first-order valence-electron chi connectivity index (χ1n) is 5.94. The van der Waals surface area contributed by atoms with Crippen molar-refractivity contribution in [2.75, 3.05) is 14.2 Å². The van der Waals surface area contributed by atoms with Crippen LogP contribution in [0, 0.1) is 5.92 Å². The van der Waals surface area contributed by atoms with E-state index in [9.17, 15) is 0 Å². The van der Waals surface area contributed by atoms with Gasteiger partial charge in [-0.2, -0.15) is 0 Å². The maximum atomic E-state index is 5.64. The lowest BCUT2D eigenvalue weighted by Gasteiger charge is -2.24. The Morgan fingerprint density at radius 3 is 2.06 bits per heavy atom. The van der Waals surface area contributed by atoms with Gasteiger partial charge in [0.1, 0.15) is 6.10 Å². The van der Waals surface area contributed by atoms with Crippen molar-refractivity contribution in [3.8, 4) is 0 Å². The number of methoxy groups -OCH3 is 2. The summed E-state index contributed by atoms with van der Waals surface area (Å²) >= 11 is 0. The Balaban J connectivity index is 3.16. The van der Waals surface area contributed by atoms with E-state index in [4.69, 9.17) is 9.47 Å². The fourth-order valence-electron chi connectivity index (χ4n) is 2.08. The normalized spacial score (nSPS) is 14.5. The molecule has 1 unspecified atom stereocenters. The maximum absolute atomic E-state index is 5.64. The Morgan fingerprint density at radius 1 is 1.06 bits per heavy atom. The third kappa shape index (κ3) is 3.34. The Kier molecular flexibility index (Phi) is 5.23. The first kappa shape index (κ1) is 13.8. The summed E-state index contributed by atoms with van der Waals surface area (Å²) in [6, 6.07) is 10.2. The van der Waals surface area contributed by atoms with Gasteiger partial charge < -0.3 is 9.47 Å². The Bertz CT molecular complexity index is 366. The van der Waals surface area contributed by atoms with E-state index in [1.165, 1.54) is 5.57 Å². The van der Waals surface area contributed by atoms with Crippen LogP contribution in [0.5, 0.6) is 0 Å². The summed E-state index contributed by atoms with van der Waals surface area (Å²) in [5.74, 6) is 1.33. The average Bonchev–Trinajstić information content (AvgIpc) is 2.35. The second kappa shape index (κ2) is 6.45. The van der Waals surface area contributed by atoms with Crippen LogP contribution in [0.15, 0.2) is 41.7 Å². The van der Waals surface area contributed by atoms with Gasteiger partial charge in [-0.15, -0.1) is 0 Å². The van der Waals surface area contributed by atoms with Crippen LogP contribution >= 0.6 is 0 Å². The van der Waals surface area contributed by atoms with Gasteiger partial charge in [-0.05, 0) is 18.4 Å². The Hall–Kier alpha value is -1.28. The van der Waals surface area contributed by atoms with Gasteiger partial charge in [0.2, 0.25) is 0 Å². The number of hydrogen-bond donors (Lipinski definition) is 0. The monoisotopic (exact) mass is 234 g/mol. The molecule has 0 N–H and O–H groups in total. The fraction of sp³-hybridized carbons (Fsp3) is 0.467. The van der Waals surface area contributed by atoms with Crippen molar-refractivity contribution >= 4 is 0 Å². The molecular formula is C15H22O2. The van der Waals surface area contributed by atoms with Crippen molar-refractivity contribution in [3.63, 3.8) is 0 Å². The van der Waals surface area contributed by atoms with Crippen LogP contribution in [-0.2, 0) is 9.47 Å². The van der Waals surface area contributed by atoms with E-state index in [1.54, 1.807) is 14.2 Å². The van der Waals surface area contributed by atoms with Gasteiger partial charge in [0.15, 0.2) is 0 Å². The predicted octanol–water partition coefficient (Wildman–Crippen LogP) is 3.95. The largest absolute Gasteiger partial charge is 0.501 e. The van der Waals surface area contributed by atoms with Crippen molar-refractivity contribution in [1.82, 2.24) is 0 Å². The van der Waals surface area contributed by atoms with Gasteiger partial charge in [-0.25, -0.2) is 0 Å². The van der Waals surface area contributed by atoms with E-state index in [2.05, 4.69) is 26.0 Å². The van der Waals surface area contributed by atoms with Gasteiger partial charge in [0, 0.05) is 12.7 Å². The summed E-state index contributed by atoms with van der Waals surface area (Å²) in [5, 5.41) is 0. The minimum atomic E-state index is -0.0313. The second-order valence-corrected chi connectivity index (χ2v) is 4.40. The maximum Gasteiger partial charge on any atom is 0.107 e. The molecule has 0 amide bonds. The highest BCUT2D eigenvalue weighted by Crippen LogP contribution is 2.32. The SMILES string of the molecule is COC(C)=C(C(C)C)C(OC)c1ccccc1. The molecule has 0 saturated heterocycles. The van der Waals surface area contributed by atoms with Gasteiger partial charge >= 0.3 is 0 Å². The lowest BCUT2D eigenvalue weighted by atomic mass is 9.91. The summed E-state index contributed by atoms with van der Waals surface area (Å²) < 4.78 is 11.0. The highest BCUT2D eigenvalue weighted by Gasteiger charge is 2.21. The molecule has 0 fully saturated rings. The average molecular weight is 234 g/mol. The molecule has 0 radical (unpaired) electrons. The van der Waals surface area contributed by atoms with Gasteiger partial charge in [-0.3, -0.25) is 0 Å². The van der Waals surface area contributed by atoms with Crippen molar-refractivity contribution in [2.24, 2.45) is 5.92 Å². The molecule has 0 aromatic heterocycles. The third-order valence-electron chi connectivity index (χ3n) is 2.96. The lowest BCUT2D eigenvalue weighted by Crippen LogP contribution is -2.12. The molecule has 0 spiro atoms. The smallest absolute Gasteiger partial charge is 0.107 e. The van der Waals surface area contributed by atoms with E-state index in [-0.39, 0.29) is 6.10 Å². The zero-order chi connectivity index (χ0) is 12.8. The molecule has 0 bridgehead atoms. The summed E-state index contributed by atoms with van der Waals surface area (Å²) in [6.45, 7) is 6.31. The van der Waals surface area contributed by atoms with Crippen molar-refractivity contribution in [1.29, 1.82) is 0 Å². The second-order valence-electron chi connectivity index (χ2n) is 4.40. The number of benzene rings is 1. The first-order chi connectivity index (χ1) is 8.11. The molecule has 0 aliphatic rings. The third-order valence-corrected chi connectivity index (χ3v) is 2.96. The molecule has 2 nitrogen and oxygen atoms in total. The molecule has 94 valence electrons. The first-order valence-corrected chi connectivity index (χ1v) is 5.94. The zero-order valence-corrected chi connectivity index (χ0v) is 11.4. The Labute approximate surface area is 104 Å². The lowest BCUT2D eigenvalue weighted by molar-refractivity contribution is 0.117. The number of ether oxygens (including phenoxy) is 2. The highest BCUT2D eigenvalue weighted by molar-refractivity contribution is 5.28. The number of hydrogen-bond acceptors (Lipinski definition) is 2. The topological polar surface area (TPSA) is 18.5 Å². The van der Waals surface area contributed by atoms with Crippen molar-refractivity contribution < 1.29 is 9.47 Å². The van der Waals surface area contributed by atoms with Gasteiger partial charge in [0.05, 0.1) is 12.9 Å². The summed E-state index contributed by atoms with van der Waals surface area (Å²) in [4.78, 5) is 0. The highest BCUT2D eigenvalue weighted by atomic mass is 16.5. The van der Waals surface area contributed by atoms with Gasteiger partial charge in [-0.1, -0.05) is 44.2 Å². The van der Waals surface area contributed by atoms with E-state index in [0.717, 1.165) is 11.3 Å². The van der Waals surface area contributed by atoms with Crippen LogP contribution in [0.3, 0.4) is 0 Å². The fourth-order valence-corrected chi connectivity index (χ4v) is 2.08. The van der Waals surface area contributed by atoms with Gasteiger partial charge in [0.25, 0.3) is 0 Å². The molecule has 0 aliphatic carbocycles. The summed E-state index contributed by atoms with van der Waals surface area (Å²) in [5.41, 5.74) is 2.36. The summed E-state index contributed by atoms with van der Waals surface area (Å²) in [7, 11) is 3.44. The standard InChI is InChI=1S/C15H22O2/c1-11(2)14(12(3)16-4)15(17-5)13-9-7-6-8-10-13/h6-11,15H,1-5H3. The van der Waals surface area contributed by atoms with Crippen LogP contribution in [0.2, 0.25) is 0 Å². The van der Waals surface area contributed by atoms with Crippen molar-refractivity contribution in [2.45, 2.75) is 26.9 Å². The molecule has 1 aromatic rings. The molecule has 2 heteroatoms. The number of allylic oxidation sites excluding steroid dienone is 1. The van der Waals surface area contributed by atoms with E-state index >= 15 is 0 Å². The molecule has 0 heterocycles. The van der Waals surface area contributed by atoms with Crippen LogP contribution in [0.1, 0.15) is 32.4 Å². The minimum absolute atomic E-state index is 0.0313. The molecule has 1 atom stereocenters. The van der Waals surface area contributed by atoms with Crippen LogP contribution in [0.25, 0.3) is 0 Å². The Morgan fingerprint density at radius 2 is 1.65 bits per heavy atom. The van der Waals surface area contributed by atoms with Crippen molar-refractivity contribution in [3.05, 3.63) is 47.2 Å². The molecule has 1 rings (SSSR count). The van der Waals surface area contributed by atoms with Crippen LogP contribution < -0.4 is 0 Å². The quantitative estimate of drug-likeness (QED) is 0.718. The minimum Gasteiger partial charge on any atom is -0.501 e. The molecule has 0 aliphatic heterocycles. The zero-order valence-electron chi connectivity index (χ0n) is 11.4. The molecule has 0 saturated carbocycles.